The molecule has 0 unspecified atom stereocenters. The molecule has 2 aromatic carbocycles. The minimum absolute atomic E-state index is 0.0243. The summed E-state index contributed by atoms with van der Waals surface area (Å²) < 4.78 is 0. The minimum Gasteiger partial charge on any atom is -0.480 e. The number of guanidine groups is 1. The van der Waals surface area contributed by atoms with E-state index in [2.05, 4.69) is 37.7 Å². The number of unbranched alkanes of at least 4 members (excludes halogenated alkanes) is 1. The number of likely N-dealkylation sites (tertiary alicyclic amines) is 1. The van der Waals surface area contributed by atoms with Crippen LogP contribution >= 0.6 is 11.6 Å². The van der Waals surface area contributed by atoms with E-state index in [0.29, 0.717) is 38.9 Å². The maximum atomic E-state index is 12.8. The van der Waals surface area contributed by atoms with Crippen LogP contribution in [0.5, 0.6) is 0 Å². The van der Waals surface area contributed by atoms with Gasteiger partial charge in [0.25, 0.3) is 5.91 Å². The van der Waals surface area contributed by atoms with Crippen LogP contribution in [0.1, 0.15) is 60.1 Å². The van der Waals surface area contributed by atoms with Gasteiger partial charge in [-0.05, 0) is 86.2 Å². The molecule has 316 valence electrons. The highest BCUT2D eigenvalue weighted by atomic mass is 35.5. The molecule has 1 aliphatic rings. The molecule has 3 aromatic rings. The summed E-state index contributed by atoms with van der Waals surface area (Å²) in [6.45, 7) is 0.718. The van der Waals surface area contributed by atoms with Crippen LogP contribution in [0.3, 0.4) is 0 Å². The first-order chi connectivity index (χ1) is 27.6. The molecule has 58 heavy (non-hydrogen) atoms. The molecular formula is C39H54ClN9O9. The number of nitrogens with two attached hydrogens (primary N) is 3. The van der Waals surface area contributed by atoms with Crippen LogP contribution in [-0.4, -0.2) is 132 Å². The van der Waals surface area contributed by atoms with Gasteiger partial charge in [-0.25, -0.2) is 14.8 Å². The average Bonchev–Trinajstić information content (AvgIpc) is 3.21. The van der Waals surface area contributed by atoms with Crippen LogP contribution in [0.15, 0.2) is 53.5 Å². The van der Waals surface area contributed by atoms with Gasteiger partial charge in [0.2, 0.25) is 5.91 Å². The normalized spacial score (nSPS) is 16.6. The maximum absolute atomic E-state index is 12.8. The van der Waals surface area contributed by atoms with Crippen molar-refractivity contribution in [2.24, 2.45) is 16.6 Å². The van der Waals surface area contributed by atoms with E-state index in [4.69, 9.17) is 33.9 Å². The fraction of sp³-hybridized carbons (Fsp3) is 0.487. The summed E-state index contributed by atoms with van der Waals surface area (Å²) in [6, 6.07) is 15.0. The van der Waals surface area contributed by atoms with E-state index < -0.39 is 48.9 Å². The molecule has 0 aliphatic carbocycles. The van der Waals surface area contributed by atoms with Crippen molar-refractivity contribution in [1.82, 2.24) is 25.5 Å². The van der Waals surface area contributed by atoms with Gasteiger partial charge in [-0.15, -0.1) is 0 Å². The van der Waals surface area contributed by atoms with Crippen LogP contribution in [0, 0.1) is 5.92 Å². The molecule has 14 N–H and O–H groups in total. The fourth-order valence-corrected chi connectivity index (χ4v) is 6.74. The first kappa shape index (κ1) is 45.7. The third kappa shape index (κ3) is 13.9. The van der Waals surface area contributed by atoms with Crippen molar-refractivity contribution in [3.8, 4) is 11.1 Å². The smallest absolute Gasteiger partial charge is 0.326 e. The lowest BCUT2D eigenvalue weighted by Crippen LogP contribution is -2.51. The summed E-state index contributed by atoms with van der Waals surface area (Å²) in [4.78, 5) is 50.8. The van der Waals surface area contributed by atoms with E-state index in [0.717, 1.165) is 41.5 Å². The third-order valence-corrected chi connectivity index (χ3v) is 10.4. The number of aryl methyl sites for hydroxylation is 2. The molecule has 19 heteroatoms. The number of aliphatic hydroxyl groups is 5. The predicted molar refractivity (Wildman–Crippen MR) is 217 cm³/mol. The number of carbonyl (C=O) groups excluding carboxylic acids is 2. The molecule has 0 radical (unpaired) electrons. The van der Waals surface area contributed by atoms with Crippen molar-refractivity contribution in [3.63, 3.8) is 0 Å². The Morgan fingerprint density at radius 1 is 0.862 bits per heavy atom. The van der Waals surface area contributed by atoms with E-state index in [1.54, 1.807) is 0 Å². The number of nitrogens with one attached hydrogen (secondary N) is 2. The summed E-state index contributed by atoms with van der Waals surface area (Å²) in [7, 11) is 0. The number of amides is 2. The molecule has 0 spiro atoms. The zero-order valence-corrected chi connectivity index (χ0v) is 32.8. The first-order valence-electron chi connectivity index (χ1n) is 19.1. The molecule has 0 saturated carbocycles. The van der Waals surface area contributed by atoms with E-state index in [-0.39, 0.29) is 59.7 Å². The Morgan fingerprint density at radius 2 is 1.45 bits per heavy atom. The number of hydrogen-bond donors (Lipinski definition) is 11. The number of aromatic nitrogens is 2. The molecule has 4 rings (SSSR count). The van der Waals surface area contributed by atoms with Crippen LogP contribution in [-0.2, 0) is 22.4 Å². The maximum Gasteiger partial charge on any atom is 0.326 e. The number of carboxylic acid groups (broad SMARTS) is 1. The quantitative estimate of drug-likeness (QED) is 0.0408. The van der Waals surface area contributed by atoms with Crippen molar-refractivity contribution in [2.75, 3.05) is 44.3 Å². The number of piperidine rings is 1. The van der Waals surface area contributed by atoms with Crippen LogP contribution in [0.2, 0.25) is 5.15 Å². The molecule has 18 nitrogen and oxygen atoms in total. The van der Waals surface area contributed by atoms with E-state index in [1.807, 2.05) is 41.3 Å². The van der Waals surface area contributed by atoms with Crippen molar-refractivity contribution in [2.45, 2.75) is 81.8 Å². The van der Waals surface area contributed by atoms with Crippen molar-refractivity contribution in [1.29, 1.82) is 0 Å². The Hall–Kier alpha value is -4.95. The van der Waals surface area contributed by atoms with Crippen molar-refractivity contribution in [3.05, 3.63) is 70.5 Å². The number of nitrogen functional groups attached to an aromatic ring is 2. The molecule has 1 aliphatic heterocycles. The number of halogens is 1. The van der Waals surface area contributed by atoms with Gasteiger partial charge >= 0.3 is 5.97 Å². The minimum atomic E-state index is -1.70. The number of hydrogen-bond acceptors (Lipinski definition) is 14. The summed E-state index contributed by atoms with van der Waals surface area (Å²) in [5.74, 6) is -2.48. The average molecular weight is 828 g/mol. The van der Waals surface area contributed by atoms with Gasteiger partial charge in [-0.3, -0.25) is 19.9 Å². The summed E-state index contributed by atoms with van der Waals surface area (Å²) >= 11 is 5.83. The van der Waals surface area contributed by atoms with Gasteiger partial charge in [0.15, 0.2) is 28.4 Å². The molecule has 1 aromatic heterocycles. The van der Waals surface area contributed by atoms with Crippen molar-refractivity contribution < 1.29 is 45.0 Å². The van der Waals surface area contributed by atoms with E-state index in [1.165, 1.54) is 0 Å². The number of aliphatic hydroxyl groups excluding tert-OH is 5. The number of nitrogens with zero attached hydrogens (tertiary/aromatic N) is 4. The number of aliphatic imine (C=N–C) groups is 1. The second-order valence-corrected chi connectivity index (χ2v) is 14.8. The molecular weight excluding hydrogens is 774 g/mol. The first-order valence-corrected chi connectivity index (χ1v) is 19.5. The van der Waals surface area contributed by atoms with Crippen LogP contribution in [0.4, 0.5) is 11.6 Å². The standard InChI is InChI=1S/C39H54ClN9O9/c40-34-36(42)47-35(41)31(46-34)37(56)48-39(43)44-16-2-1-3-22-4-9-25(10-5-22)26-11-6-23(7-12-26)8-13-30(53)45-27(38(57)58)19-24-14-17-49(18-15-24)20-28(51)32(54)33(55)29(52)21-50/h4-7,9-12,24,27-29,32-33,50-52,54-55H,1-3,8,13-21H2,(H,45,53)(H,57,58)(H4,41,42,47)(H3,43,44,48,56)/t27-,28+,29-,32-,33-/m1/s1. The van der Waals surface area contributed by atoms with Crippen LogP contribution < -0.4 is 27.8 Å². The van der Waals surface area contributed by atoms with Gasteiger partial charge in [0, 0.05) is 19.5 Å². The third-order valence-electron chi connectivity index (χ3n) is 10.1. The number of carboxylic acids is 1. The highest BCUT2D eigenvalue weighted by Gasteiger charge is 2.33. The van der Waals surface area contributed by atoms with Gasteiger partial charge in [-0.2, -0.15) is 0 Å². The number of carbonyl (C=O) groups is 3. The lowest BCUT2D eigenvalue weighted by molar-refractivity contribution is -0.142. The van der Waals surface area contributed by atoms with Gasteiger partial charge in [-0.1, -0.05) is 60.1 Å². The zero-order chi connectivity index (χ0) is 42.4. The summed E-state index contributed by atoms with van der Waals surface area (Å²) in [6.07, 6.45) is -1.79. The monoisotopic (exact) mass is 827 g/mol. The Kier molecular flexibility index (Phi) is 17.6. The number of β-amino-alcohol motifs (C(OH)–C–C–N with tert-alkyl or cyclic N) is 1. The summed E-state index contributed by atoms with van der Waals surface area (Å²) in [5.41, 5.74) is 21.0. The number of anilines is 2. The topological polar surface area (TPSA) is 316 Å². The van der Waals surface area contributed by atoms with Gasteiger partial charge < -0.3 is 58.1 Å². The SMILES string of the molecule is NC(=NCCCCc1ccc(-c2ccc(CCC(=O)N[C@H](CC3CCN(C[C@H](O)[C@@H](O)[C@H](O)[C@H](O)CO)CC3)C(=O)O)cc2)cc1)NC(=O)c1nc(Cl)c(N)nc1N. The molecule has 2 amide bonds. The lowest BCUT2D eigenvalue weighted by Gasteiger charge is -2.35. The molecule has 1 saturated heterocycles. The molecule has 0 bridgehead atoms. The van der Waals surface area contributed by atoms with Gasteiger partial charge in [0.05, 0.1) is 12.7 Å². The van der Waals surface area contributed by atoms with E-state index >= 15 is 0 Å². The number of aliphatic carboxylic acids is 1. The molecule has 5 atom stereocenters. The highest BCUT2D eigenvalue weighted by Crippen LogP contribution is 2.24. The Labute approximate surface area is 341 Å². The number of benzene rings is 2. The van der Waals surface area contributed by atoms with Crippen LogP contribution in [0.25, 0.3) is 11.1 Å². The Morgan fingerprint density at radius 3 is 2.03 bits per heavy atom. The molecule has 1 fully saturated rings. The van der Waals surface area contributed by atoms with Gasteiger partial charge in [0.1, 0.15) is 24.4 Å². The fourth-order valence-electron chi connectivity index (χ4n) is 6.61. The Bertz CT molecular complexity index is 1850. The zero-order valence-electron chi connectivity index (χ0n) is 32.1. The molecule has 2 heterocycles. The van der Waals surface area contributed by atoms with Crippen molar-refractivity contribution >= 4 is 47.0 Å². The summed E-state index contributed by atoms with van der Waals surface area (Å²) in [5, 5.41) is 63.5. The second kappa shape index (κ2) is 22.3. The predicted octanol–water partition coefficient (Wildman–Crippen LogP) is 0.0688. The van der Waals surface area contributed by atoms with E-state index in [9.17, 15) is 39.9 Å². The largest absolute Gasteiger partial charge is 0.480 e. The lowest BCUT2D eigenvalue weighted by atomic mass is 9.89. The second-order valence-electron chi connectivity index (χ2n) is 14.4. The Balaban J connectivity index is 1.14. The number of rotatable bonds is 20. The highest BCUT2D eigenvalue weighted by molar-refractivity contribution is 6.31.